The molecule has 0 aliphatic rings. The van der Waals surface area contributed by atoms with E-state index >= 15 is 0 Å². The molecule has 0 saturated heterocycles. The highest BCUT2D eigenvalue weighted by atomic mass is 32.2. The van der Waals surface area contributed by atoms with Gasteiger partial charge in [0.15, 0.2) is 0 Å². The summed E-state index contributed by atoms with van der Waals surface area (Å²) in [6.45, 7) is 0.111. The Hall–Kier alpha value is -0.170. The molecule has 21 heavy (non-hydrogen) atoms. The van der Waals surface area contributed by atoms with Gasteiger partial charge in [-0.05, 0) is 17.7 Å². The summed E-state index contributed by atoms with van der Waals surface area (Å²) in [4.78, 5) is 35.7. The lowest BCUT2D eigenvalue weighted by Gasteiger charge is -2.20. The van der Waals surface area contributed by atoms with Crippen LogP contribution in [0.15, 0.2) is 30.3 Å². The third kappa shape index (κ3) is 7.58. The fourth-order valence-electron chi connectivity index (χ4n) is 1.63. The fourth-order valence-corrected chi connectivity index (χ4v) is 4.78. The van der Waals surface area contributed by atoms with Crippen LogP contribution in [0.4, 0.5) is 0 Å². The van der Waals surface area contributed by atoms with E-state index in [1.807, 2.05) is 30.3 Å². The molecule has 1 aromatic carbocycles. The zero-order valence-electron chi connectivity index (χ0n) is 11.2. The van der Waals surface area contributed by atoms with Gasteiger partial charge in [0, 0.05) is 12.3 Å². The van der Waals surface area contributed by atoms with Crippen LogP contribution in [0.3, 0.4) is 0 Å². The number of nitrogens with one attached hydrogen (secondary N) is 1. The molecule has 10 heteroatoms. The molecule has 1 aromatic rings. The molecule has 0 aliphatic heterocycles. The predicted octanol–water partition coefficient (Wildman–Crippen LogP) is 1.19. The molecule has 5 N–H and O–H groups in total. The molecular weight excluding hydrogens is 336 g/mol. The smallest absolute Gasteiger partial charge is 0.323 e. The van der Waals surface area contributed by atoms with E-state index in [2.05, 4.69) is 5.32 Å². The van der Waals surface area contributed by atoms with E-state index in [1.165, 1.54) is 5.56 Å². The van der Waals surface area contributed by atoms with E-state index in [1.54, 1.807) is 11.8 Å². The summed E-state index contributed by atoms with van der Waals surface area (Å²) in [7, 11) is -9.77. The number of rotatable bonds is 9. The van der Waals surface area contributed by atoms with Crippen LogP contribution < -0.4 is 5.32 Å². The van der Waals surface area contributed by atoms with Crippen molar-refractivity contribution in [3.05, 3.63) is 35.9 Å². The molecule has 0 unspecified atom stereocenters. The molecule has 0 amide bonds. The first-order valence-corrected chi connectivity index (χ1v) is 10.7. The van der Waals surface area contributed by atoms with Gasteiger partial charge in [-0.3, -0.25) is 14.4 Å². The van der Waals surface area contributed by atoms with E-state index in [-0.39, 0.29) is 6.54 Å². The van der Waals surface area contributed by atoms with Gasteiger partial charge in [-0.1, -0.05) is 30.3 Å². The lowest BCUT2D eigenvalue weighted by atomic mass is 10.2. The van der Waals surface area contributed by atoms with Crippen molar-refractivity contribution in [3.8, 4) is 0 Å². The third-order valence-corrected chi connectivity index (χ3v) is 7.02. The van der Waals surface area contributed by atoms with Crippen LogP contribution in [-0.2, 0) is 15.6 Å². The maximum Gasteiger partial charge on any atom is 0.354 e. The van der Waals surface area contributed by atoms with Crippen LogP contribution in [0, 0.1) is 0 Å². The minimum Gasteiger partial charge on any atom is -0.323 e. The van der Waals surface area contributed by atoms with Crippen molar-refractivity contribution in [2.75, 3.05) is 18.1 Å². The number of hydrogen-bond acceptors (Lipinski definition) is 4. The van der Waals surface area contributed by atoms with E-state index in [0.717, 1.165) is 12.2 Å². The largest absolute Gasteiger partial charge is 0.354 e. The summed E-state index contributed by atoms with van der Waals surface area (Å²) < 4.78 is 22.0. The normalized spacial score (nSPS) is 12.8. The number of thioether (sulfide) groups is 1. The third-order valence-electron chi connectivity index (χ3n) is 2.59. The molecule has 0 radical (unpaired) electrons. The molecule has 7 nitrogen and oxygen atoms in total. The number of hydrogen-bond donors (Lipinski definition) is 5. The van der Waals surface area contributed by atoms with Crippen molar-refractivity contribution in [3.63, 3.8) is 0 Å². The second-order valence-corrected chi connectivity index (χ2v) is 9.38. The zero-order chi connectivity index (χ0) is 15.9. The van der Waals surface area contributed by atoms with Crippen LogP contribution in [-0.4, -0.2) is 43.1 Å². The zero-order valence-corrected chi connectivity index (χ0v) is 13.8. The highest BCUT2D eigenvalue weighted by Gasteiger charge is 2.42. The van der Waals surface area contributed by atoms with Gasteiger partial charge in [0.2, 0.25) is 5.52 Å². The minimum absolute atomic E-state index is 0.111. The summed E-state index contributed by atoms with van der Waals surface area (Å²) >= 11 is 1.54. The quantitative estimate of drug-likeness (QED) is 0.330. The lowest BCUT2D eigenvalue weighted by molar-refractivity contribution is 0.329. The Kier molecular flexibility index (Phi) is 7.60. The SMILES string of the molecule is O=P(O)(O)C(NCCSCCc1ccccc1)P(=O)(O)O. The number of aryl methyl sites for hydroxylation is 1. The van der Waals surface area contributed by atoms with Gasteiger partial charge >= 0.3 is 15.2 Å². The molecule has 0 spiro atoms. The van der Waals surface area contributed by atoms with Crippen LogP contribution in [0.25, 0.3) is 0 Å². The van der Waals surface area contributed by atoms with E-state index in [4.69, 9.17) is 19.6 Å². The molecule has 0 fully saturated rings. The Morgan fingerprint density at radius 2 is 1.57 bits per heavy atom. The molecule has 0 aromatic heterocycles. The Morgan fingerprint density at radius 1 is 1.00 bits per heavy atom. The van der Waals surface area contributed by atoms with E-state index in [9.17, 15) is 9.13 Å². The molecule has 0 bridgehead atoms. The maximum absolute atomic E-state index is 11.0. The lowest BCUT2D eigenvalue weighted by Crippen LogP contribution is -2.30. The first-order chi connectivity index (χ1) is 9.71. The maximum atomic E-state index is 11.0. The molecule has 0 saturated carbocycles. The van der Waals surface area contributed by atoms with Gasteiger partial charge in [-0.25, -0.2) is 0 Å². The van der Waals surface area contributed by atoms with Crippen molar-refractivity contribution >= 4 is 27.0 Å². The van der Waals surface area contributed by atoms with Gasteiger partial charge in [0.1, 0.15) is 0 Å². The standard InChI is InChI=1S/C11H19NO6P2S/c13-19(14,15)11(20(16,17)18)12-7-9-21-8-6-10-4-2-1-3-5-10/h1-5,11-12H,6-9H2,(H2,13,14,15)(H2,16,17,18). The van der Waals surface area contributed by atoms with Crippen LogP contribution in [0.2, 0.25) is 0 Å². The minimum atomic E-state index is -4.88. The van der Waals surface area contributed by atoms with Crippen LogP contribution >= 0.6 is 27.0 Å². The Labute approximate surface area is 127 Å². The van der Waals surface area contributed by atoms with Crippen molar-refractivity contribution < 1.29 is 28.7 Å². The van der Waals surface area contributed by atoms with Crippen molar-refractivity contribution in [2.45, 2.75) is 11.9 Å². The predicted molar refractivity (Wildman–Crippen MR) is 83.3 cm³/mol. The van der Waals surface area contributed by atoms with Gasteiger partial charge in [-0.15, -0.1) is 0 Å². The monoisotopic (exact) mass is 355 g/mol. The average Bonchev–Trinajstić information content (AvgIpc) is 2.35. The van der Waals surface area contributed by atoms with E-state index < -0.39 is 20.7 Å². The number of benzene rings is 1. The van der Waals surface area contributed by atoms with Gasteiger partial charge in [-0.2, -0.15) is 11.8 Å². The Bertz CT molecular complexity index is 495. The summed E-state index contributed by atoms with van der Waals surface area (Å²) in [6, 6.07) is 9.86. The average molecular weight is 355 g/mol. The van der Waals surface area contributed by atoms with Gasteiger partial charge in [0.25, 0.3) is 0 Å². The summed E-state index contributed by atoms with van der Waals surface area (Å²) in [5, 5.41) is 2.25. The molecule has 0 atom stereocenters. The molecule has 0 aliphatic carbocycles. The van der Waals surface area contributed by atoms with E-state index in [0.29, 0.717) is 5.75 Å². The molecular formula is C11H19NO6P2S. The van der Waals surface area contributed by atoms with Crippen LogP contribution in [0.1, 0.15) is 5.56 Å². The first-order valence-electron chi connectivity index (χ1n) is 6.17. The molecule has 0 heterocycles. The Balaban J connectivity index is 2.26. The summed E-state index contributed by atoms with van der Waals surface area (Å²) in [6.07, 6.45) is 0.867. The Morgan fingerprint density at radius 3 is 2.10 bits per heavy atom. The fraction of sp³-hybridized carbons (Fsp3) is 0.455. The summed E-state index contributed by atoms with van der Waals surface area (Å²) in [5.41, 5.74) is -0.930. The van der Waals surface area contributed by atoms with Crippen molar-refractivity contribution in [1.29, 1.82) is 0 Å². The topological polar surface area (TPSA) is 127 Å². The molecule has 1 rings (SSSR count). The van der Waals surface area contributed by atoms with Gasteiger partial charge < -0.3 is 19.6 Å². The second-order valence-electron chi connectivity index (χ2n) is 4.35. The summed E-state index contributed by atoms with van der Waals surface area (Å²) in [5.74, 6) is 1.32. The van der Waals surface area contributed by atoms with Crippen molar-refractivity contribution in [1.82, 2.24) is 5.32 Å². The highest BCUT2D eigenvalue weighted by molar-refractivity contribution is 7.99. The highest BCUT2D eigenvalue weighted by Crippen LogP contribution is 2.58. The van der Waals surface area contributed by atoms with Crippen molar-refractivity contribution in [2.24, 2.45) is 0 Å². The molecule has 120 valence electrons. The second kappa shape index (κ2) is 8.46. The van der Waals surface area contributed by atoms with Crippen LogP contribution in [0.5, 0.6) is 0 Å². The van der Waals surface area contributed by atoms with Gasteiger partial charge in [0.05, 0.1) is 0 Å². The first kappa shape index (κ1) is 18.9.